The molecule has 7 heteroatoms. The van der Waals surface area contributed by atoms with Gasteiger partial charge in [0, 0.05) is 13.1 Å². The van der Waals surface area contributed by atoms with Crippen LogP contribution in [0.4, 0.5) is 0 Å². The smallest absolute Gasteiger partial charge is 0.344 e. The van der Waals surface area contributed by atoms with Crippen molar-refractivity contribution in [3.63, 3.8) is 0 Å². The van der Waals surface area contributed by atoms with Gasteiger partial charge in [0.2, 0.25) is 0 Å². The Kier molecular flexibility index (Phi) is 7.17. The maximum atomic E-state index is 12.5. The first-order valence-electron chi connectivity index (χ1n) is 9.99. The number of hydrogen-bond donors (Lipinski definition) is 0. The van der Waals surface area contributed by atoms with E-state index in [4.69, 9.17) is 18.9 Å². The highest BCUT2D eigenvalue weighted by atomic mass is 16.6. The van der Waals surface area contributed by atoms with E-state index in [1.165, 1.54) is 0 Å². The lowest BCUT2D eigenvalue weighted by atomic mass is 10.1. The topological polar surface area (TPSA) is 74.3 Å². The Balaban J connectivity index is 1.49. The number of benzene rings is 2. The van der Waals surface area contributed by atoms with Crippen LogP contribution in [0, 0.1) is 13.8 Å². The molecular weight excluding hydrogens is 386 g/mol. The highest BCUT2D eigenvalue weighted by molar-refractivity contribution is 5.81. The van der Waals surface area contributed by atoms with Crippen LogP contribution in [0.1, 0.15) is 23.6 Å². The van der Waals surface area contributed by atoms with Crippen LogP contribution in [-0.2, 0) is 20.9 Å². The zero-order valence-electron chi connectivity index (χ0n) is 17.6. The predicted octanol–water partition coefficient (Wildman–Crippen LogP) is 3.05. The molecular formula is C23H27NO6. The summed E-state index contributed by atoms with van der Waals surface area (Å²) in [6, 6.07) is 11.2. The Morgan fingerprint density at radius 3 is 2.57 bits per heavy atom. The van der Waals surface area contributed by atoms with Crippen LogP contribution in [0.3, 0.4) is 0 Å². The van der Waals surface area contributed by atoms with Crippen molar-refractivity contribution in [3.8, 4) is 17.2 Å². The minimum absolute atomic E-state index is 0.244. The molecule has 0 atom stereocenters. The van der Waals surface area contributed by atoms with Crippen LogP contribution in [0.2, 0.25) is 0 Å². The number of amides is 1. The van der Waals surface area contributed by atoms with Crippen LogP contribution in [0.25, 0.3) is 0 Å². The Morgan fingerprint density at radius 1 is 1.03 bits per heavy atom. The molecule has 0 fully saturated rings. The highest BCUT2D eigenvalue weighted by Gasteiger charge is 2.17. The van der Waals surface area contributed by atoms with Crippen molar-refractivity contribution in [2.24, 2.45) is 0 Å². The third-order valence-corrected chi connectivity index (χ3v) is 4.97. The summed E-state index contributed by atoms with van der Waals surface area (Å²) in [7, 11) is 0. The van der Waals surface area contributed by atoms with Crippen LogP contribution >= 0.6 is 0 Å². The molecule has 0 aliphatic carbocycles. The van der Waals surface area contributed by atoms with Gasteiger partial charge in [-0.25, -0.2) is 4.79 Å². The average Bonchev–Trinajstić information content (AvgIpc) is 2.76. The number of hydrogen-bond acceptors (Lipinski definition) is 6. The second-order valence-electron chi connectivity index (χ2n) is 7.03. The largest absolute Gasteiger partial charge is 0.486 e. The van der Waals surface area contributed by atoms with E-state index in [-0.39, 0.29) is 19.1 Å². The molecule has 2 aromatic carbocycles. The average molecular weight is 413 g/mol. The Morgan fingerprint density at radius 2 is 1.80 bits per heavy atom. The number of nitrogens with zero attached hydrogens (tertiary/aromatic N) is 1. The number of ether oxygens (including phenoxy) is 4. The molecule has 2 aromatic rings. The van der Waals surface area contributed by atoms with Crippen molar-refractivity contribution >= 4 is 11.9 Å². The summed E-state index contributed by atoms with van der Waals surface area (Å²) in [5.74, 6) is 1.16. The lowest BCUT2D eigenvalue weighted by molar-refractivity contribution is -0.153. The minimum atomic E-state index is -0.584. The quantitative estimate of drug-likeness (QED) is 0.620. The maximum absolute atomic E-state index is 12.5. The second-order valence-corrected chi connectivity index (χ2v) is 7.03. The standard InChI is InChI=1S/C23H27NO6/c1-4-24(13-18-8-9-20-21(12-18)28-11-10-27-20)22(25)14-30-23(26)15-29-19-7-5-6-16(2)17(19)3/h5-9,12H,4,10-11,13-15H2,1-3H3. The lowest BCUT2D eigenvalue weighted by Crippen LogP contribution is -2.34. The molecule has 1 aliphatic heterocycles. The Hall–Kier alpha value is -3.22. The van der Waals surface area contributed by atoms with Gasteiger partial charge in [-0.3, -0.25) is 4.79 Å². The Bertz CT molecular complexity index is 911. The van der Waals surface area contributed by atoms with Gasteiger partial charge in [-0.2, -0.15) is 0 Å². The van der Waals surface area contributed by atoms with Gasteiger partial charge in [-0.15, -0.1) is 0 Å². The molecule has 0 saturated carbocycles. The first-order valence-corrected chi connectivity index (χ1v) is 9.99. The second kappa shape index (κ2) is 10.0. The summed E-state index contributed by atoms with van der Waals surface area (Å²) in [5, 5.41) is 0. The number of rotatable bonds is 8. The van der Waals surface area contributed by atoms with E-state index in [1.807, 2.05) is 51.1 Å². The number of likely N-dealkylation sites (N-methyl/N-ethyl adjacent to an activating group) is 1. The van der Waals surface area contributed by atoms with Crippen molar-refractivity contribution in [3.05, 3.63) is 53.1 Å². The fraction of sp³-hybridized carbons (Fsp3) is 0.391. The van der Waals surface area contributed by atoms with E-state index in [1.54, 1.807) is 11.0 Å². The maximum Gasteiger partial charge on any atom is 0.344 e. The van der Waals surface area contributed by atoms with Gasteiger partial charge in [-0.05, 0) is 55.7 Å². The summed E-state index contributed by atoms with van der Waals surface area (Å²) in [6.07, 6.45) is 0. The van der Waals surface area contributed by atoms with Crippen LogP contribution in [0.5, 0.6) is 17.2 Å². The third-order valence-electron chi connectivity index (χ3n) is 4.97. The SMILES string of the molecule is CCN(Cc1ccc2c(c1)OCCO2)C(=O)COC(=O)COc1cccc(C)c1C. The van der Waals surface area contributed by atoms with Gasteiger partial charge in [0.15, 0.2) is 24.7 Å². The van der Waals surface area contributed by atoms with E-state index < -0.39 is 5.97 Å². The van der Waals surface area contributed by atoms with Gasteiger partial charge in [0.05, 0.1) is 0 Å². The molecule has 1 heterocycles. The number of aryl methyl sites for hydroxylation is 1. The van der Waals surface area contributed by atoms with Crippen molar-refractivity contribution in [2.75, 3.05) is 33.0 Å². The summed E-state index contributed by atoms with van der Waals surface area (Å²) in [6.45, 7) is 7.13. The summed E-state index contributed by atoms with van der Waals surface area (Å²) in [5.41, 5.74) is 2.96. The summed E-state index contributed by atoms with van der Waals surface area (Å²) in [4.78, 5) is 26.1. The molecule has 1 amide bonds. The zero-order chi connectivity index (χ0) is 21.5. The lowest BCUT2D eigenvalue weighted by Gasteiger charge is -2.23. The number of esters is 1. The molecule has 0 aromatic heterocycles. The van der Waals surface area contributed by atoms with Crippen molar-refractivity contribution in [2.45, 2.75) is 27.3 Å². The van der Waals surface area contributed by atoms with Crippen molar-refractivity contribution in [1.82, 2.24) is 4.90 Å². The van der Waals surface area contributed by atoms with Crippen molar-refractivity contribution in [1.29, 1.82) is 0 Å². The summed E-state index contributed by atoms with van der Waals surface area (Å²) >= 11 is 0. The van der Waals surface area contributed by atoms with Gasteiger partial charge in [0.25, 0.3) is 5.91 Å². The van der Waals surface area contributed by atoms with E-state index >= 15 is 0 Å². The van der Waals surface area contributed by atoms with E-state index in [0.29, 0.717) is 43.6 Å². The monoisotopic (exact) mass is 413 g/mol. The minimum Gasteiger partial charge on any atom is -0.486 e. The van der Waals surface area contributed by atoms with Crippen molar-refractivity contribution < 1.29 is 28.5 Å². The van der Waals surface area contributed by atoms with Crippen LogP contribution < -0.4 is 14.2 Å². The van der Waals surface area contributed by atoms with Crippen LogP contribution in [-0.4, -0.2) is 49.7 Å². The number of carbonyl (C=O) groups is 2. The van der Waals surface area contributed by atoms with E-state index in [0.717, 1.165) is 16.7 Å². The zero-order valence-corrected chi connectivity index (χ0v) is 17.6. The molecule has 3 rings (SSSR count). The molecule has 0 unspecified atom stereocenters. The molecule has 160 valence electrons. The molecule has 0 bridgehead atoms. The molecule has 30 heavy (non-hydrogen) atoms. The van der Waals surface area contributed by atoms with Gasteiger partial charge < -0.3 is 23.8 Å². The summed E-state index contributed by atoms with van der Waals surface area (Å²) < 4.78 is 21.7. The van der Waals surface area contributed by atoms with Gasteiger partial charge in [-0.1, -0.05) is 18.2 Å². The molecule has 0 N–H and O–H groups in total. The normalized spacial score (nSPS) is 12.2. The number of fused-ring (bicyclic) bond motifs is 1. The van der Waals surface area contributed by atoms with Crippen LogP contribution in [0.15, 0.2) is 36.4 Å². The third kappa shape index (κ3) is 5.43. The first kappa shape index (κ1) is 21.5. The van der Waals surface area contributed by atoms with E-state index in [2.05, 4.69) is 0 Å². The fourth-order valence-corrected chi connectivity index (χ4v) is 3.08. The predicted molar refractivity (Wildman–Crippen MR) is 111 cm³/mol. The van der Waals surface area contributed by atoms with Gasteiger partial charge in [0.1, 0.15) is 19.0 Å². The fourth-order valence-electron chi connectivity index (χ4n) is 3.08. The molecule has 1 aliphatic rings. The molecule has 7 nitrogen and oxygen atoms in total. The Labute approximate surface area is 176 Å². The first-order chi connectivity index (χ1) is 14.5. The molecule has 0 radical (unpaired) electrons. The molecule has 0 spiro atoms. The van der Waals surface area contributed by atoms with E-state index in [9.17, 15) is 9.59 Å². The molecule has 0 saturated heterocycles. The number of carbonyl (C=O) groups excluding carboxylic acids is 2. The van der Waals surface area contributed by atoms with Gasteiger partial charge >= 0.3 is 5.97 Å². The highest BCUT2D eigenvalue weighted by Crippen LogP contribution is 2.31.